The second-order valence-electron chi connectivity index (χ2n) is 10.3. The normalized spacial score (nSPS) is 21.3. The number of likely N-dealkylation sites (tertiary alicyclic amines) is 2. The number of rotatable bonds is 8. The van der Waals surface area contributed by atoms with Crippen LogP contribution in [0.25, 0.3) is 0 Å². The van der Waals surface area contributed by atoms with Gasteiger partial charge in [-0.15, -0.1) is 0 Å². The molecular formula is C28H38F3N3O3. The van der Waals surface area contributed by atoms with Crippen molar-refractivity contribution < 1.29 is 27.8 Å². The fraction of sp³-hybridized carbons (Fsp3) is 0.571. The Hall–Kier alpha value is -2.49. The maximum atomic E-state index is 11.9. The van der Waals surface area contributed by atoms with Gasteiger partial charge in [0, 0.05) is 49.6 Å². The van der Waals surface area contributed by atoms with Crippen molar-refractivity contribution in [3.8, 4) is 5.75 Å². The van der Waals surface area contributed by atoms with Gasteiger partial charge in [0.05, 0.1) is 6.61 Å². The van der Waals surface area contributed by atoms with E-state index >= 15 is 0 Å². The Balaban J connectivity index is 0.000000266. The van der Waals surface area contributed by atoms with Crippen LogP contribution in [0.3, 0.4) is 0 Å². The summed E-state index contributed by atoms with van der Waals surface area (Å²) < 4.78 is 41.6. The Labute approximate surface area is 217 Å². The molecule has 0 spiro atoms. The third kappa shape index (κ3) is 7.09. The topological polar surface area (TPSA) is 65.9 Å². The Morgan fingerprint density at radius 3 is 2.38 bits per heavy atom. The predicted molar refractivity (Wildman–Crippen MR) is 137 cm³/mol. The number of aromatic nitrogens is 1. The lowest BCUT2D eigenvalue weighted by atomic mass is 9.96. The molecule has 2 saturated heterocycles. The second-order valence-corrected chi connectivity index (χ2v) is 10.3. The number of pyridine rings is 1. The van der Waals surface area contributed by atoms with E-state index in [-0.39, 0.29) is 12.2 Å². The number of hydrogen-bond donors (Lipinski definition) is 1. The molecule has 6 nitrogen and oxygen atoms in total. The van der Waals surface area contributed by atoms with Crippen molar-refractivity contribution in [1.29, 1.82) is 0 Å². The van der Waals surface area contributed by atoms with Crippen molar-refractivity contribution >= 4 is 6.29 Å². The van der Waals surface area contributed by atoms with E-state index in [4.69, 9.17) is 9.84 Å². The van der Waals surface area contributed by atoms with Crippen molar-refractivity contribution in [1.82, 2.24) is 14.8 Å². The lowest BCUT2D eigenvalue weighted by Crippen LogP contribution is -2.45. The zero-order valence-electron chi connectivity index (χ0n) is 22.3. The zero-order valence-corrected chi connectivity index (χ0v) is 22.3. The third-order valence-corrected chi connectivity index (χ3v) is 7.64. The number of hydrogen-bond acceptors (Lipinski definition) is 6. The number of alkyl halides is 3. The molecular weight excluding hydrogens is 483 g/mol. The monoisotopic (exact) mass is 521 g/mol. The van der Waals surface area contributed by atoms with E-state index in [1.54, 1.807) is 0 Å². The highest BCUT2D eigenvalue weighted by molar-refractivity contribution is 5.73. The molecule has 2 fully saturated rings. The van der Waals surface area contributed by atoms with Gasteiger partial charge in [-0.25, -0.2) is 0 Å². The van der Waals surface area contributed by atoms with Gasteiger partial charge >= 0.3 is 6.18 Å². The summed E-state index contributed by atoms with van der Waals surface area (Å²) >= 11 is 0. The van der Waals surface area contributed by atoms with Crippen LogP contribution in [0, 0.1) is 19.8 Å². The number of nitrogens with zero attached hydrogens (tertiary/aromatic N) is 3. The number of carbonyl (C=O) groups is 1. The number of ether oxygens (including phenoxy) is 1. The summed E-state index contributed by atoms with van der Waals surface area (Å²) in [6, 6.07) is 8.15. The van der Waals surface area contributed by atoms with Crippen LogP contribution in [-0.4, -0.2) is 71.6 Å². The molecule has 0 amide bonds. The van der Waals surface area contributed by atoms with E-state index < -0.39 is 11.9 Å². The summed E-state index contributed by atoms with van der Waals surface area (Å²) in [4.78, 5) is 18.3. The summed E-state index contributed by atoms with van der Waals surface area (Å²) in [5, 5.41) is 9.03. The summed E-state index contributed by atoms with van der Waals surface area (Å²) in [7, 11) is 2.26. The van der Waals surface area contributed by atoms with Crippen LogP contribution in [0.5, 0.6) is 5.75 Å². The van der Waals surface area contributed by atoms with Crippen LogP contribution in [0.15, 0.2) is 30.5 Å². The first-order valence-corrected chi connectivity index (χ1v) is 12.7. The first-order chi connectivity index (χ1) is 17.5. The molecule has 1 N–H and O–H groups in total. The van der Waals surface area contributed by atoms with Crippen molar-refractivity contribution in [2.24, 2.45) is 5.92 Å². The number of likely N-dealkylation sites (N-methyl/N-ethyl adjacent to an activating group) is 1. The van der Waals surface area contributed by atoms with Crippen LogP contribution in [0.2, 0.25) is 0 Å². The molecule has 4 atom stereocenters. The van der Waals surface area contributed by atoms with E-state index in [1.807, 2.05) is 0 Å². The first kappa shape index (κ1) is 29.1. The molecule has 204 valence electrons. The Morgan fingerprint density at radius 2 is 1.86 bits per heavy atom. The number of piperazine rings is 1. The number of halogens is 3. The molecule has 0 saturated carbocycles. The highest BCUT2D eigenvalue weighted by Gasteiger charge is 2.43. The molecule has 1 aromatic heterocycles. The van der Waals surface area contributed by atoms with Crippen molar-refractivity contribution in [3.05, 3.63) is 58.4 Å². The van der Waals surface area contributed by atoms with E-state index in [0.717, 1.165) is 36.5 Å². The van der Waals surface area contributed by atoms with Gasteiger partial charge in [-0.05, 0) is 81.5 Å². The van der Waals surface area contributed by atoms with Crippen LogP contribution in [0.1, 0.15) is 65.5 Å². The van der Waals surface area contributed by atoms with Gasteiger partial charge in [0.2, 0.25) is 0 Å². The van der Waals surface area contributed by atoms with Gasteiger partial charge in [-0.2, -0.15) is 13.2 Å². The van der Waals surface area contributed by atoms with Crippen molar-refractivity contribution in [2.75, 3.05) is 33.4 Å². The smallest absolute Gasteiger partial charge is 0.433 e. The van der Waals surface area contributed by atoms with Gasteiger partial charge in [0.15, 0.2) is 6.29 Å². The van der Waals surface area contributed by atoms with Crippen LogP contribution in [-0.2, 0) is 6.18 Å². The van der Waals surface area contributed by atoms with E-state index in [1.165, 1.54) is 36.2 Å². The molecule has 2 aromatic rings. The lowest BCUT2D eigenvalue weighted by Gasteiger charge is -2.37. The van der Waals surface area contributed by atoms with Crippen LogP contribution in [0.4, 0.5) is 13.2 Å². The van der Waals surface area contributed by atoms with Gasteiger partial charge in [0.25, 0.3) is 0 Å². The average molecular weight is 522 g/mol. The molecule has 3 unspecified atom stereocenters. The number of aldehydes is 1. The molecule has 37 heavy (non-hydrogen) atoms. The Morgan fingerprint density at radius 1 is 1.14 bits per heavy atom. The number of benzene rings is 1. The van der Waals surface area contributed by atoms with Gasteiger partial charge < -0.3 is 14.7 Å². The Bertz CT molecular complexity index is 1040. The summed E-state index contributed by atoms with van der Waals surface area (Å²) in [5.41, 5.74) is 3.18. The van der Waals surface area contributed by atoms with Crippen molar-refractivity contribution in [2.45, 2.75) is 64.8 Å². The van der Waals surface area contributed by atoms with E-state index in [9.17, 15) is 18.0 Å². The molecule has 0 aliphatic carbocycles. The number of aliphatic hydroxyl groups excluding tert-OH is 1. The van der Waals surface area contributed by atoms with Gasteiger partial charge in [-0.3, -0.25) is 14.7 Å². The van der Waals surface area contributed by atoms with Crippen molar-refractivity contribution in [3.63, 3.8) is 0 Å². The highest BCUT2D eigenvalue weighted by Crippen LogP contribution is 2.38. The molecule has 2 aliphatic rings. The van der Waals surface area contributed by atoms with Gasteiger partial charge in [-0.1, -0.05) is 13.0 Å². The lowest BCUT2D eigenvalue weighted by molar-refractivity contribution is -0.141. The second kappa shape index (κ2) is 12.4. The standard InChI is InChI=1S/C21H34N2O2.C7H4F3NO/c1-14(8-9-24)13-25-21-7-6-20(15(2)16(21)3)17(4)23-12-18-10-19(23)11-22(18)5;8-7(9,10)6-2-1-5(4-12)3-11-6/h6-7,14,17-19,24H,8-13H2,1-5H3;1-4H/t14?,17-,18?,19?;/m0./s1. The molecule has 2 aliphatic heterocycles. The average Bonchev–Trinajstić information content (AvgIpc) is 3.44. The number of fused-ring (bicyclic) bond motifs is 2. The van der Waals surface area contributed by atoms with E-state index in [2.05, 4.69) is 61.7 Å². The largest absolute Gasteiger partial charge is 0.493 e. The molecule has 3 heterocycles. The minimum absolute atomic E-state index is 0.128. The van der Waals surface area contributed by atoms with Crippen LogP contribution >= 0.6 is 0 Å². The van der Waals surface area contributed by atoms with E-state index in [0.29, 0.717) is 30.9 Å². The minimum Gasteiger partial charge on any atom is -0.493 e. The molecule has 4 rings (SSSR count). The summed E-state index contributed by atoms with van der Waals surface area (Å²) in [6.45, 7) is 12.2. The molecule has 1 aromatic carbocycles. The highest BCUT2D eigenvalue weighted by atomic mass is 19.4. The maximum Gasteiger partial charge on any atom is 0.433 e. The SMILES string of the molecule is Cc1c(OCC(C)CCO)ccc([C@H](C)N2CC3CC2CN3C)c1C.O=Cc1ccc(C(F)(F)F)nc1. The molecule has 9 heteroatoms. The number of aliphatic hydroxyl groups is 1. The minimum atomic E-state index is -4.44. The fourth-order valence-corrected chi connectivity index (χ4v) is 5.15. The summed E-state index contributed by atoms with van der Waals surface area (Å²) in [6.07, 6.45) is -1.01. The quantitative estimate of drug-likeness (QED) is 0.490. The fourth-order valence-electron chi connectivity index (χ4n) is 5.15. The Kier molecular flexibility index (Phi) is 9.72. The predicted octanol–water partition coefficient (Wildman–Crippen LogP) is 5.06. The van der Waals surface area contributed by atoms with Gasteiger partial charge in [0.1, 0.15) is 11.4 Å². The molecule has 2 bridgehead atoms. The number of carbonyl (C=O) groups excluding carboxylic acids is 1. The molecule has 0 radical (unpaired) electrons. The first-order valence-electron chi connectivity index (χ1n) is 12.7. The zero-order chi connectivity index (χ0) is 27.3. The summed E-state index contributed by atoms with van der Waals surface area (Å²) in [5.74, 6) is 1.36. The maximum absolute atomic E-state index is 11.9. The third-order valence-electron chi connectivity index (χ3n) is 7.64. The van der Waals surface area contributed by atoms with Crippen LogP contribution < -0.4 is 4.74 Å².